The average molecular weight is 157 g/mol. The third-order valence-electron chi connectivity index (χ3n) is 0.535. The van der Waals surface area contributed by atoms with E-state index in [-0.39, 0.29) is 0 Å². The maximum atomic E-state index is 10.4. The first-order valence-corrected chi connectivity index (χ1v) is 2.14. The van der Waals surface area contributed by atoms with Gasteiger partial charge in [-0.1, -0.05) is 0 Å². The minimum atomic E-state index is -3.59. The molecule has 58 valence electrons. The van der Waals surface area contributed by atoms with Gasteiger partial charge in [0.2, 0.25) is 0 Å². The SMILES string of the molecule is [2H][13C]([2H])([13C](=O)O)[13C]([2H])([2H])[13C@]([2H])(N)[13C](=O)O. The van der Waals surface area contributed by atoms with Crippen molar-refractivity contribution >= 4 is 11.9 Å². The first-order valence-electron chi connectivity index (χ1n) is 4.64. The van der Waals surface area contributed by atoms with Crippen LogP contribution in [-0.2, 0) is 9.59 Å². The molecule has 4 N–H and O–H groups in total. The molecule has 0 aromatic carbocycles. The van der Waals surface area contributed by atoms with Crippen LogP contribution >= 0.6 is 0 Å². The van der Waals surface area contributed by atoms with Crippen LogP contribution in [0.15, 0.2) is 0 Å². The summed E-state index contributed by atoms with van der Waals surface area (Å²) >= 11 is 0. The van der Waals surface area contributed by atoms with Gasteiger partial charge in [-0.3, -0.25) is 9.59 Å². The summed E-state index contributed by atoms with van der Waals surface area (Å²) in [6, 6.07) is -3.39. The van der Waals surface area contributed by atoms with Crippen molar-refractivity contribution in [1.29, 1.82) is 0 Å². The smallest absolute Gasteiger partial charge is 0.320 e. The van der Waals surface area contributed by atoms with Gasteiger partial charge in [0.1, 0.15) is 6.02 Å². The average Bonchev–Trinajstić information content (AvgIpc) is 2.02. The highest BCUT2D eigenvalue weighted by molar-refractivity contribution is 5.74. The van der Waals surface area contributed by atoms with Gasteiger partial charge in [-0.05, 0) is 6.37 Å². The first kappa shape index (κ1) is 3.34. The number of hydrogen-bond donors (Lipinski definition) is 3. The Morgan fingerprint density at radius 1 is 1.70 bits per heavy atom. The van der Waals surface area contributed by atoms with Crippen LogP contribution in [-0.4, -0.2) is 28.2 Å². The maximum Gasteiger partial charge on any atom is 0.320 e. The van der Waals surface area contributed by atoms with E-state index in [0.717, 1.165) is 0 Å². The Labute approximate surface area is 64.5 Å². The topological polar surface area (TPSA) is 101 Å². The fraction of sp³-hybridized carbons (Fsp3) is 0.600. The molecular formula is C5H9NO4. The summed E-state index contributed by atoms with van der Waals surface area (Å²) in [7, 11) is 0. The van der Waals surface area contributed by atoms with Crippen molar-refractivity contribution in [1.82, 2.24) is 0 Å². The predicted octanol–water partition coefficient (Wildman–Crippen LogP) is -0.737. The number of hydrogen-bond acceptors (Lipinski definition) is 3. The monoisotopic (exact) mass is 157 g/mol. The van der Waals surface area contributed by atoms with Gasteiger partial charge >= 0.3 is 11.9 Å². The summed E-state index contributed by atoms with van der Waals surface area (Å²) in [5, 5.41) is 16.8. The van der Waals surface area contributed by atoms with E-state index in [0.29, 0.717) is 0 Å². The van der Waals surface area contributed by atoms with Gasteiger partial charge in [-0.25, -0.2) is 0 Å². The Kier molecular flexibility index (Phi) is 1.28. The molecule has 0 heterocycles. The lowest BCUT2D eigenvalue weighted by atomic mass is 11.1. The van der Waals surface area contributed by atoms with E-state index >= 15 is 0 Å². The molecule has 0 rings (SSSR count). The van der Waals surface area contributed by atoms with Crippen LogP contribution in [0.2, 0.25) is 0 Å². The van der Waals surface area contributed by atoms with E-state index in [4.69, 9.17) is 22.8 Å². The highest BCUT2D eigenvalue weighted by Crippen LogP contribution is 1.93. The zero-order valence-electron chi connectivity index (χ0n) is 9.79. The molecule has 10 heavy (non-hydrogen) atoms. The normalized spacial score (nSPS) is 25.9. The van der Waals surface area contributed by atoms with Gasteiger partial charge in [0, 0.05) is 11.9 Å². The number of nitrogens with two attached hydrogens (primary N) is 1. The molecule has 0 radical (unpaired) electrons. The second-order valence-electron chi connectivity index (χ2n) is 1.27. The molecule has 5 heteroatoms. The van der Waals surface area contributed by atoms with Crippen molar-refractivity contribution in [3.63, 3.8) is 0 Å². The molecule has 5 nitrogen and oxygen atoms in total. The Morgan fingerprint density at radius 3 is 2.50 bits per heavy atom. The van der Waals surface area contributed by atoms with Gasteiger partial charge < -0.3 is 15.9 Å². The van der Waals surface area contributed by atoms with E-state index in [9.17, 15) is 9.59 Å². The molecule has 0 saturated carbocycles. The zero-order chi connectivity index (χ0) is 12.7. The molecule has 0 aliphatic carbocycles. The lowest BCUT2D eigenvalue weighted by Crippen LogP contribution is -2.30. The van der Waals surface area contributed by atoms with Gasteiger partial charge in [0.15, 0.2) is 0 Å². The molecular weight excluding hydrogens is 143 g/mol. The van der Waals surface area contributed by atoms with Crippen LogP contribution in [0, 0.1) is 0 Å². The van der Waals surface area contributed by atoms with Crippen LogP contribution in [0.25, 0.3) is 0 Å². The lowest BCUT2D eigenvalue weighted by Gasteiger charge is -2.01. The molecule has 0 aromatic rings. The Hall–Kier alpha value is -1.10. The molecule has 1 atom stereocenters. The van der Waals surface area contributed by atoms with Crippen LogP contribution < -0.4 is 5.73 Å². The molecule has 0 aliphatic rings. The molecule has 0 aliphatic heterocycles. The van der Waals surface area contributed by atoms with E-state index < -0.39 is 30.7 Å². The molecule has 0 aromatic heterocycles. The van der Waals surface area contributed by atoms with E-state index in [1.807, 2.05) is 0 Å². The molecule has 0 bridgehead atoms. The van der Waals surface area contributed by atoms with Crippen LogP contribution in [0.1, 0.15) is 19.6 Å². The van der Waals surface area contributed by atoms with Crippen molar-refractivity contribution in [3.8, 4) is 0 Å². The number of aliphatic carboxylic acids is 2. The molecule has 0 amide bonds. The largest absolute Gasteiger partial charge is 0.481 e. The summed E-state index contributed by atoms with van der Waals surface area (Å²) < 4.78 is 34.7. The van der Waals surface area contributed by atoms with Crippen molar-refractivity contribution in [3.05, 3.63) is 0 Å². The Morgan fingerprint density at radius 2 is 2.20 bits per heavy atom. The molecule has 0 spiro atoms. The first-order chi connectivity index (χ1) is 6.39. The third-order valence-corrected chi connectivity index (χ3v) is 0.535. The Bertz CT molecular complexity index is 274. The van der Waals surface area contributed by atoms with Crippen LogP contribution in [0.5, 0.6) is 0 Å². The minimum Gasteiger partial charge on any atom is -0.481 e. The number of rotatable bonds is 4. The fourth-order valence-electron chi connectivity index (χ4n) is 0.174. The Balaban J connectivity index is 5.50. The van der Waals surface area contributed by atoms with Crippen LogP contribution in [0.3, 0.4) is 0 Å². The second kappa shape index (κ2) is 3.84. The van der Waals surface area contributed by atoms with Crippen molar-refractivity contribution in [2.24, 2.45) is 5.73 Å². The summed E-state index contributed by atoms with van der Waals surface area (Å²) in [5.41, 5.74) is 4.75. The standard InChI is InChI=1S/C5H9NO4/c6-3(5(9)10)1-2-4(7)8/h3H,1-2,6H2,(H,7,8)(H,9,10)/t3-/m0/s1/i1+1D2,2+1D2,3+1D,4+1,5+1. The predicted molar refractivity (Wildman–Crippen MR) is 32.5 cm³/mol. The van der Waals surface area contributed by atoms with E-state index in [1.54, 1.807) is 0 Å². The summed E-state index contributed by atoms with van der Waals surface area (Å²) in [4.78, 5) is 20.8. The summed E-state index contributed by atoms with van der Waals surface area (Å²) in [6.45, 7) is 0. The van der Waals surface area contributed by atoms with Gasteiger partial charge in [0.05, 0.1) is 1.37 Å². The third kappa shape index (κ3) is 3.85. The lowest BCUT2D eigenvalue weighted by molar-refractivity contribution is -0.139. The summed E-state index contributed by atoms with van der Waals surface area (Å²) in [5.74, 6) is -4.38. The number of carboxylic acid groups (broad SMARTS) is 2. The highest BCUT2D eigenvalue weighted by Gasteiger charge is 2.12. The highest BCUT2D eigenvalue weighted by atomic mass is 16.5. The van der Waals surface area contributed by atoms with E-state index in [2.05, 4.69) is 0 Å². The number of carboxylic acids is 2. The maximum absolute atomic E-state index is 10.4. The van der Waals surface area contributed by atoms with Crippen molar-refractivity contribution in [2.75, 3.05) is 0 Å². The minimum absolute atomic E-state index is 2.15. The second-order valence-corrected chi connectivity index (χ2v) is 1.27. The van der Waals surface area contributed by atoms with Crippen molar-refractivity contribution in [2.45, 2.75) is 18.8 Å². The van der Waals surface area contributed by atoms with E-state index in [1.165, 1.54) is 0 Å². The van der Waals surface area contributed by atoms with Gasteiger partial charge in [-0.15, -0.1) is 0 Å². The van der Waals surface area contributed by atoms with Gasteiger partial charge in [0.25, 0.3) is 0 Å². The molecule has 0 fully saturated rings. The molecule has 0 saturated heterocycles. The van der Waals surface area contributed by atoms with Crippen LogP contribution in [0.4, 0.5) is 0 Å². The van der Waals surface area contributed by atoms with Gasteiger partial charge in [-0.2, -0.15) is 0 Å². The number of carbonyl (C=O) groups is 2. The molecule has 0 unspecified atom stereocenters. The summed E-state index contributed by atoms with van der Waals surface area (Å²) in [6.07, 6.45) is -7.17. The quantitative estimate of drug-likeness (QED) is 0.467. The fourth-order valence-corrected chi connectivity index (χ4v) is 0.174. The van der Waals surface area contributed by atoms with Crippen molar-refractivity contribution < 1.29 is 26.7 Å². The zero-order valence-corrected chi connectivity index (χ0v) is 4.79.